The molecule has 2 aromatic heterocycles. The summed E-state index contributed by atoms with van der Waals surface area (Å²) in [5, 5.41) is 3.02. The van der Waals surface area contributed by atoms with Crippen LogP contribution in [0.4, 0.5) is 11.8 Å². The van der Waals surface area contributed by atoms with Crippen LogP contribution in [0, 0.1) is 0 Å². The normalized spacial score (nSPS) is 21.6. The molecular weight excluding hydrogens is 298 g/mol. The Balaban J connectivity index is 1.65. The fourth-order valence-corrected chi connectivity index (χ4v) is 3.92. The lowest BCUT2D eigenvalue weighted by atomic mass is 9.96. The number of aryl methyl sites for hydroxylation is 1. The van der Waals surface area contributed by atoms with E-state index < -0.39 is 0 Å². The minimum atomic E-state index is 0.0178. The van der Waals surface area contributed by atoms with Gasteiger partial charge in [-0.1, -0.05) is 0 Å². The van der Waals surface area contributed by atoms with Crippen LogP contribution in [-0.4, -0.2) is 34.6 Å². The van der Waals surface area contributed by atoms with E-state index in [1.54, 1.807) is 11.3 Å². The number of morpholine rings is 1. The van der Waals surface area contributed by atoms with Crippen LogP contribution in [0.2, 0.25) is 0 Å². The van der Waals surface area contributed by atoms with E-state index in [9.17, 15) is 0 Å². The zero-order valence-electron chi connectivity index (χ0n) is 12.4. The molecular formula is C15H19N5OS. The zero-order valence-corrected chi connectivity index (χ0v) is 13.2. The van der Waals surface area contributed by atoms with Gasteiger partial charge in [-0.2, -0.15) is 4.98 Å². The number of hydrogen-bond donors (Lipinski definition) is 1. The first-order chi connectivity index (χ1) is 10.8. The molecule has 2 aliphatic rings. The van der Waals surface area contributed by atoms with Gasteiger partial charge in [0.15, 0.2) is 0 Å². The highest BCUT2D eigenvalue weighted by Crippen LogP contribution is 2.32. The molecule has 4 rings (SSSR count). The van der Waals surface area contributed by atoms with Crippen molar-refractivity contribution in [2.24, 2.45) is 0 Å². The van der Waals surface area contributed by atoms with Crippen molar-refractivity contribution in [2.45, 2.75) is 31.8 Å². The number of aromatic nitrogens is 3. The van der Waals surface area contributed by atoms with Crippen LogP contribution in [0.1, 0.15) is 35.2 Å². The molecule has 0 radical (unpaired) electrons. The molecule has 1 atom stereocenters. The molecule has 2 aromatic rings. The summed E-state index contributed by atoms with van der Waals surface area (Å²) in [4.78, 5) is 15.7. The topological polar surface area (TPSA) is 77.2 Å². The maximum atomic E-state index is 5.93. The van der Waals surface area contributed by atoms with Crippen molar-refractivity contribution in [3.05, 3.63) is 27.8 Å². The Hall–Kier alpha value is -1.73. The van der Waals surface area contributed by atoms with Crippen LogP contribution in [0.25, 0.3) is 0 Å². The molecule has 1 fully saturated rings. The molecule has 0 saturated carbocycles. The third kappa shape index (κ3) is 2.55. The predicted octanol–water partition coefficient (Wildman–Crippen LogP) is 1.97. The molecule has 1 aliphatic heterocycles. The van der Waals surface area contributed by atoms with E-state index >= 15 is 0 Å². The van der Waals surface area contributed by atoms with E-state index in [-0.39, 0.29) is 6.10 Å². The molecule has 2 N–H and O–H groups in total. The van der Waals surface area contributed by atoms with Crippen LogP contribution in [0.3, 0.4) is 0 Å². The van der Waals surface area contributed by atoms with Gasteiger partial charge < -0.3 is 15.4 Å². The maximum absolute atomic E-state index is 5.93. The first-order valence-corrected chi connectivity index (χ1v) is 8.60. The maximum Gasteiger partial charge on any atom is 0.222 e. The van der Waals surface area contributed by atoms with Gasteiger partial charge in [0.2, 0.25) is 5.95 Å². The van der Waals surface area contributed by atoms with Crippen LogP contribution in [0.15, 0.2) is 11.6 Å². The Kier molecular flexibility index (Phi) is 3.67. The van der Waals surface area contributed by atoms with Gasteiger partial charge in [0.1, 0.15) is 16.9 Å². The van der Waals surface area contributed by atoms with Gasteiger partial charge in [-0.05, 0) is 25.7 Å². The van der Waals surface area contributed by atoms with Crippen molar-refractivity contribution in [3.63, 3.8) is 0 Å². The molecule has 0 bridgehead atoms. The summed E-state index contributed by atoms with van der Waals surface area (Å²) in [7, 11) is 0. The van der Waals surface area contributed by atoms with E-state index in [2.05, 4.69) is 19.9 Å². The van der Waals surface area contributed by atoms with Gasteiger partial charge >= 0.3 is 0 Å². The van der Waals surface area contributed by atoms with Gasteiger partial charge in [-0.15, -0.1) is 11.3 Å². The van der Waals surface area contributed by atoms with Crippen LogP contribution < -0.4 is 10.6 Å². The lowest BCUT2D eigenvalue weighted by Gasteiger charge is -2.34. The molecule has 3 heterocycles. The van der Waals surface area contributed by atoms with Crippen LogP contribution >= 0.6 is 11.3 Å². The molecule has 7 heteroatoms. The second kappa shape index (κ2) is 5.81. The number of fused-ring (bicyclic) bond motifs is 1. The number of anilines is 2. The minimum absolute atomic E-state index is 0.0178. The number of nitrogens with zero attached hydrogens (tertiary/aromatic N) is 4. The Bertz CT molecular complexity index is 660. The first kappa shape index (κ1) is 13.9. The van der Waals surface area contributed by atoms with Crippen LogP contribution in [0.5, 0.6) is 0 Å². The summed E-state index contributed by atoms with van der Waals surface area (Å²) < 4.78 is 5.88. The number of ether oxygens (including phenoxy) is 1. The standard InChI is InChI=1S/C15H19N5OS/c16-15-18-11-4-2-1-3-10(11)13(19-15)20-6-7-21-12(9-20)14-17-5-8-22-14/h5,8,12H,1-4,6-7,9H2,(H2,16,18,19). The average Bonchev–Trinajstić information content (AvgIpc) is 3.09. The van der Waals surface area contributed by atoms with Crippen molar-refractivity contribution in [1.29, 1.82) is 0 Å². The number of thiazole rings is 1. The highest BCUT2D eigenvalue weighted by Gasteiger charge is 2.28. The summed E-state index contributed by atoms with van der Waals surface area (Å²) >= 11 is 1.64. The summed E-state index contributed by atoms with van der Waals surface area (Å²) in [6.07, 6.45) is 6.29. The van der Waals surface area contributed by atoms with Gasteiger partial charge in [-0.3, -0.25) is 0 Å². The van der Waals surface area contributed by atoms with E-state index in [1.165, 1.54) is 18.4 Å². The lowest BCUT2D eigenvalue weighted by molar-refractivity contribution is 0.0393. The predicted molar refractivity (Wildman–Crippen MR) is 86.1 cm³/mol. The Labute approximate surface area is 133 Å². The molecule has 0 amide bonds. The second-order valence-corrected chi connectivity index (χ2v) is 6.64. The van der Waals surface area contributed by atoms with Crippen LogP contribution in [-0.2, 0) is 17.6 Å². The van der Waals surface area contributed by atoms with Crippen molar-refractivity contribution < 1.29 is 4.74 Å². The van der Waals surface area contributed by atoms with Gasteiger partial charge in [-0.25, -0.2) is 9.97 Å². The molecule has 1 unspecified atom stereocenters. The Morgan fingerprint density at radius 2 is 2.18 bits per heavy atom. The number of nitrogens with two attached hydrogens (primary N) is 1. The summed E-state index contributed by atoms with van der Waals surface area (Å²) in [5.74, 6) is 1.39. The van der Waals surface area contributed by atoms with E-state index in [0.717, 1.165) is 42.5 Å². The fraction of sp³-hybridized carbons (Fsp3) is 0.533. The van der Waals surface area contributed by atoms with E-state index in [4.69, 9.17) is 10.5 Å². The van der Waals surface area contributed by atoms with Gasteiger partial charge in [0.25, 0.3) is 0 Å². The van der Waals surface area contributed by atoms with Crippen molar-refractivity contribution >= 4 is 23.1 Å². The van der Waals surface area contributed by atoms with Crippen molar-refractivity contribution in [1.82, 2.24) is 15.0 Å². The zero-order chi connectivity index (χ0) is 14.9. The third-order valence-electron chi connectivity index (χ3n) is 4.27. The highest BCUT2D eigenvalue weighted by molar-refractivity contribution is 7.09. The van der Waals surface area contributed by atoms with Crippen molar-refractivity contribution in [2.75, 3.05) is 30.3 Å². The molecule has 1 saturated heterocycles. The monoisotopic (exact) mass is 317 g/mol. The summed E-state index contributed by atoms with van der Waals surface area (Å²) in [6.45, 7) is 2.30. The third-order valence-corrected chi connectivity index (χ3v) is 5.14. The Morgan fingerprint density at radius 3 is 3.05 bits per heavy atom. The molecule has 0 aromatic carbocycles. The smallest absolute Gasteiger partial charge is 0.222 e. The number of nitrogen functional groups attached to an aromatic ring is 1. The van der Waals surface area contributed by atoms with Gasteiger partial charge in [0.05, 0.1) is 18.8 Å². The van der Waals surface area contributed by atoms with E-state index in [0.29, 0.717) is 12.6 Å². The van der Waals surface area contributed by atoms with E-state index in [1.807, 2.05) is 11.6 Å². The minimum Gasteiger partial charge on any atom is -0.368 e. The summed E-state index contributed by atoms with van der Waals surface area (Å²) in [5.41, 5.74) is 8.34. The van der Waals surface area contributed by atoms with Crippen molar-refractivity contribution in [3.8, 4) is 0 Å². The molecule has 0 spiro atoms. The molecule has 1 aliphatic carbocycles. The largest absolute Gasteiger partial charge is 0.368 e. The lowest BCUT2D eigenvalue weighted by Crippen LogP contribution is -2.40. The number of rotatable bonds is 2. The molecule has 116 valence electrons. The molecule has 6 nitrogen and oxygen atoms in total. The Morgan fingerprint density at radius 1 is 1.27 bits per heavy atom. The highest BCUT2D eigenvalue weighted by atomic mass is 32.1. The molecule has 22 heavy (non-hydrogen) atoms. The SMILES string of the molecule is Nc1nc2c(c(N3CCOC(c4nccs4)C3)n1)CCCC2. The quantitative estimate of drug-likeness (QED) is 0.912. The first-order valence-electron chi connectivity index (χ1n) is 7.72. The number of hydrogen-bond acceptors (Lipinski definition) is 7. The fourth-order valence-electron chi connectivity index (χ4n) is 3.24. The average molecular weight is 317 g/mol. The second-order valence-electron chi connectivity index (χ2n) is 5.71. The summed E-state index contributed by atoms with van der Waals surface area (Å²) in [6, 6.07) is 0. The van der Waals surface area contributed by atoms with Gasteiger partial charge in [0, 0.05) is 23.7 Å².